The van der Waals surface area contributed by atoms with Gasteiger partial charge in [-0.15, -0.1) is 0 Å². The third-order valence-electron chi connectivity index (χ3n) is 4.67. The standard InChI is InChI=1S/C16H25N3O2/c1-17-16(15(20)21-3)8-4-14(12-16)19(2)11-7-13-5-9-18-10-6-13/h5-6,9-10,14,17H,4,7-8,11-12H2,1-3H3. The molecule has 5 nitrogen and oxygen atoms in total. The fourth-order valence-electron chi connectivity index (χ4n) is 3.14. The molecule has 1 aliphatic carbocycles. The summed E-state index contributed by atoms with van der Waals surface area (Å²) in [7, 11) is 5.44. The maximum Gasteiger partial charge on any atom is 0.326 e. The number of nitrogens with zero attached hydrogens (tertiary/aromatic N) is 2. The maximum absolute atomic E-state index is 12.0. The van der Waals surface area contributed by atoms with Crippen molar-refractivity contribution in [3.8, 4) is 0 Å². The molecule has 1 N–H and O–H groups in total. The fourth-order valence-corrected chi connectivity index (χ4v) is 3.14. The van der Waals surface area contributed by atoms with E-state index in [9.17, 15) is 4.79 Å². The van der Waals surface area contributed by atoms with Crippen LogP contribution in [0.5, 0.6) is 0 Å². The number of nitrogens with one attached hydrogen (secondary N) is 1. The fraction of sp³-hybridized carbons (Fsp3) is 0.625. The Bertz CT molecular complexity index is 466. The molecule has 0 radical (unpaired) electrons. The topological polar surface area (TPSA) is 54.5 Å². The summed E-state index contributed by atoms with van der Waals surface area (Å²) in [6.07, 6.45) is 7.31. The van der Waals surface area contributed by atoms with Crippen LogP contribution < -0.4 is 5.32 Å². The van der Waals surface area contributed by atoms with E-state index in [4.69, 9.17) is 4.74 Å². The number of aromatic nitrogens is 1. The zero-order chi connectivity index (χ0) is 15.3. The second-order valence-corrected chi connectivity index (χ2v) is 5.81. The first-order chi connectivity index (χ1) is 10.1. The van der Waals surface area contributed by atoms with Crippen LogP contribution in [0.2, 0.25) is 0 Å². The second kappa shape index (κ2) is 7.00. The van der Waals surface area contributed by atoms with Gasteiger partial charge in [0.25, 0.3) is 0 Å². The minimum absolute atomic E-state index is 0.143. The monoisotopic (exact) mass is 291 g/mol. The highest BCUT2D eigenvalue weighted by Crippen LogP contribution is 2.33. The van der Waals surface area contributed by atoms with E-state index < -0.39 is 5.54 Å². The number of carbonyl (C=O) groups excluding carboxylic acids is 1. The molecule has 0 amide bonds. The van der Waals surface area contributed by atoms with Crippen molar-refractivity contribution in [3.05, 3.63) is 30.1 Å². The van der Waals surface area contributed by atoms with Gasteiger partial charge in [0, 0.05) is 25.0 Å². The molecule has 2 rings (SSSR count). The summed E-state index contributed by atoms with van der Waals surface area (Å²) < 4.78 is 4.96. The molecule has 0 aliphatic heterocycles. The molecule has 1 aromatic rings. The second-order valence-electron chi connectivity index (χ2n) is 5.81. The summed E-state index contributed by atoms with van der Waals surface area (Å²) in [5.74, 6) is -0.143. The third kappa shape index (κ3) is 3.60. The lowest BCUT2D eigenvalue weighted by Crippen LogP contribution is -2.50. The van der Waals surface area contributed by atoms with Gasteiger partial charge in [0.05, 0.1) is 7.11 Å². The van der Waals surface area contributed by atoms with Crippen LogP contribution in [0.15, 0.2) is 24.5 Å². The molecular formula is C16H25N3O2. The van der Waals surface area contributed by atoms with Gasteiger partial charge >= 0.3 is 5.97 Å². The van der Waals surface area contributed by atoms with E-state index >= 15 is 0 Å². The van der Waals surface area contributed by atoms with Crippen LogP contribution in [-0.4, -0.2) is 55.2 Å². The number of rotatable bonds is 6. The quantitative estimate of drug-likeness (QED) is 0.799. The van der Waals surface area contributed by atoms with E-state index in [0.29, 0.717) is 6.04 Å². The number of pyridine rings is 1. The first-order valence-electron chi connectivity index (χ1n) is 7.48. The third-order valence-corrected chi connectivity index (χ3v) is 4.67. The molecule has 1 heterocycles. The Morgan fingerprint density at radius 1 is 1.52 bits per heavy atom. The van der Waals surface area contributed by atoms with Crippen LogP contribution in [0.3, 0.4) is 0 Å². The van der Waals surface area contributed by atoms with Crippen LogP contribution in [-0.2, 0) is 16.0 Å². The SMILES string of the molecule is CNC1(C(=O)OC)CCC(N(C)CCc2ccncc2)C1. The number of likely N-dealkylation sites (N-methyl/N-ethyl adjacent to an activating group) is 2. The van der Waals surface area contributed by atoms with Crippen LogP contribution >= 0.6 is 0 Å². The van der Waals surface area contributed by atoms with Gasteiger partial charge in [-0.1, -0.05) is 0 Å². The van der Waals surface area contributed by atoms with E-state index in [1.165, 1.54) is 12.7 Å². The zero-order valence-electron chi connectivity index (χ0n) is 13.1. The highest BCUT2D eigenvalue weighted by atomic mass is 16.5. The Morgan fingerprint density at radius 3 is 2.86 bits per heavy atom. The number of hydrogen-bond acceptors (Lipinski definition) is 5. The predicted molar refractivity (Wildman–Crippen MR) is 82.0 cm³/mol. The molecule has 0 bridgehead atoms. The molecule has 0 spiro atoms. The number of esters is 1. The summed E-state index contributed by atoms with van der Waals surface area (Å²) in [6, 6.07) is 4.52. The van der Waals surface area contributed by atoms with Crippen molar-refractivity contribution in [1.29, 1.82) is 0 Å². The van der Waals surface area contributed by atoms with Gasteiger partial charge in [0.1, 0.15) is 5.54 Å². The summed E-state index contributed by atoms with van der Waals surface area (Å²) in [5, 5.41) is 3.18. The van der Waals surface area contributed by atoms with Crippen molar-refractivity contribution in [1.82, 2.24) is 15.2 Å². The van der Waals surface area contributed by atoms with Crippen molar-refractivity contribution in [3.63, 3.8) is 0 Å². The molecule has 1 aliphatic rings. The van der Waals surface area contributed by atoms with Crippen molar-refractivity contribution in [2.75, 3.05) is 27.7 Å². The lowest BCUT2D eigenvalue weighted by atomic mass is 9.97. The minimum atomic E-state index is -0.510. The number of hydrogen-bond donors (Lipinski definition) is 1. The predicted octanol–water partition coefficient (Wildman–Crippen LogP) is 1.24. The summed E-state index contributed by atoms with van der Waals surface area (Å²) >= 11 is 0. The Hall–Kier alpha value is -1.46. The Kier molecular flexibility index (Phi) is 5.31. The zero-order valence-corrected chi connectivity index (χ0v) is 13.1. The molecule has 0 saturated heterocycles. The average molecular weight is 291 g/mol. The smallest absolute Gasteiger partial charge is 0.326 e. The molecule has 1 fully saturated rings. The van der Waals surface area contributed by atoms with Crippen molar-refractivity contribution < 1.29 is 9.53 Å². The van der Waals surface area contributed by atoms with E-state index in [1.807, 2.05) is 19.4 Å². The highest BCUT2D eigenvalue weighted by molar-refractivity contribution is 5.81. The van der Waals surface area contributed by atoms with Crippen molar-refractivity contribution in [2.24, 2.45) is 0 Å². The van der Waals surface area contributed by atoms with Crippen LogP contribution in [0.4, 0.5) is 0 Å². The number of carbonyl (C=O) groups is 1. The van der Waals surface area contributed by atoms with E-state index in [-0.39, 0.29) is 5.97 Å². The van der Waals surface area contributed by atoms with Gasteiger partial charge in [-0.05, 0) is 57.5 Å². The normalized spacial score (nSPS) is 25.2. The largest absolute Gasteiger partial charge is 0.468 e. The summed E-state index contributed by atoms with van der Waals surface area (Å²) in [6.45, 7) is 0.982. The molecule has 0 aromatic carbocycles. The molecule has 5 heteroatoms. The molecule has 2 unspecified atom stereocenters. The van der Waals surface area contributed by atoms with E-state index in [0.717, 1.165) is 32.2 Å². The molecule has 1 saturated carbocycles. The molecule has 2 atom stereocenters. The van der Waals surface area contributed by atoms with Gasteiger partial charge in [-0.2, -0.15) is 0 Å². The summed E-state index contributed by atoms with van der Waals surface area (Å²) in [4.78, 5) is 18.4. The van der Waals surface area contributed by atoms with E-state index in [1.54, 1.807) is 0 Å². The summed E-state index contributed by atoms with van der Waals surface area (Å²) in [5.41, 5.74) is 0.785. The first-order valence-corrected chi connectivity index (χ1v) is 7.48. The highest BCUT2D eigenvalue weighted by Gasteiger charge is 2.46. The lowest BCUT2D eigenvalue weighted by molar-refractivity contribution is -0.148. The van der Waals surface area contributed by atoms with Crippen LogP contribution in [0.25, 0.3) is 0 Å². The van der Waals surface area contributed by atoms with Crippen molar-refractivity contribution in [2.45, 2.75) is 37.3 Å². The Labute approximate surface area is 126 Å². The molecule has 116 valence electrons. The maximum atomic E-state index is 12.0. The van der Waals surface area contributed by atoms with E-state index in [2.05, 4.69) is 34.4 Å². The van der Waals surface area contributed by atoms with Crippen LogP contribution in [0, 0.1) is 0 Å². The minimum Gasteiger partial charge on any atom is -0.468 e. The number of methoxy groups -OCH3 is 1. The van der Waals surface area contributed by atoms with Crippen LogP contribution in [0.1, 0.15) is 24.8 Å². The van der Waals surface area contributed by atoms with Crippen molar-refractivity contribution >= 4 is 5.97 Å². The van der Waals surface area contributed by atoms with Gasteiger partial charge in [0.2, 0.25) is 0 Å². The van der Waals surface area contributed by atoms with Gasteiger partial charge < -0.3 is 15.0 Å². The molecular weight excluding hydrogens is 266 g/mol. The average Bonchev–Trinajstić information content (AvgIpc) is 2.98. The lowest BCUT2D eigenvalue weighted by Gasteiger charge is -2.28. The van der Waals surface area contributed by atoms with Gasteiger partial charge in [-0.25, -0.2) is 0 Å². The van der Waals surface area contributed by atoms with Gasteiger partial charge in [-0.3, -0.25) is 9.78 Å². The Morgan fingerprint density at radius 2 is 2.24 bits per heavy atom. The number of ether oxygens (including phenoxy) is 1. The first kappa shape index (κ1) is 15.9. The molecule has 1 aromatic heterocycles. The molecule has 21 heavy (non-hydrogen) atoms. The van der Waals surface area contributed by atoms with Gasteiger partial charge in [0.15, 0.2) is 0 Å². The Balaban J connectivity index is 1.90.